The minimum absolute atomic E-state index is 0.225. The molecule has 242 valence electrons. The van der Waals surface area contributed by atoms with Gasteiger partial charge in [-0.05, 0) is 71.8 Å². The van der Waals surface area contributed by atoms with Crippen molar-refractivity contribution in [1.29, 1.82) is 0 Å². The molecule has 1 atom stereocenters. The molecule has 3 aromatic rings. The molecule has 0 aliphatic carbocycles. The van der Waals surface area contributed by atoms with E-state index in [1.807, 2.05) is 30.3 Å². The van der Waals surface area contributed by atoms with E-state index in [4.69, 9.17) is 4.74 Å². The van der Waals surface area contributed by atoms with Crippen molar-refractivity contribution in [3.8, 4) is 16.9 Å². The van der Waals surface area contributed by atoms with Crippen LogP contribution >= 0.6 is 0 Å². The lowest BCUT2D eigenvalue weighted by Crippen LogP contribution is -2.52. The molecular formula is C32H31F6NO5S. The number of amides is 1. The number of piperidine rings is 1. The van der Waals surface area contributed by atoms with Gasteiger partial charge in [-0.2, -0.15) is 26.3 Å². The van der Waals surface area contributed by atoms with Crippen LogP contribution in [0.25, 0.3) is 11.1 Å². The standard InChI is InChI=1S/C32H31F6NO5S/c1-21(31(33,34)35)43-29(40)39-16-14-30(15-17-39)13-12-26-18-25(8-11-28(26)44-30)24-6-2-22(3-7-24)19-45(41,42)20-23-4-9-27(10-5-23)32(36,37)38/h2-11,18,21H,12-17,19-20H2,1H3. The van der Waals surface area contributed by atoms with Gasteiger partial charge in [0.25, 0.3) is 0 Å². The molecular weight excluding hydrogens is 624 g/mol. The van der Waals surface area contributed by atoms with Gasteiger partial charge in [0.05, 0.1) is 17.1 Å². The number of carbonyl (C=O) groups is 1. The van der Waals surface area contributed by atoms with Crippen molar-refractivity contribution in [3.63, 3.8) is 0 Å². The first-order valence-electron chi connectivity index (χ1n) is 14.3. The van der Waals surface area contributed by atoms with E-state index in [1.165, 1.54) is 17.0 Å². The lowest BCUT2D eigenvalue weighted by Gasteiger charge is -2.44. The van der Waals surface area contributed by atoms with Gasteiger partial charge in [-0.25, -0.2) is 13.2 Å². The van der Waals surface area contributed by atoms with Crippen LogP contribution in [-0.2, 0) is 38.7 Å². The summed E-state index contributed by atoms with van der Waals surface area (Å²) in [6, 6.07) is 16.9. The van der Waals surface area contributed by atoms with E-state index >= 15 is 0 Å². The molecule has 2 aliphatic rings. The monoisotopic (exact) mass is 655 g/mol. The van der Waals surface area contributed by atoms with Crippen LogP contribution in [0.4, 0.5) is 31.1 Å². The van der Waals surface area contributed by atoms with E-state index in [0.717, 1.165) is 35.7 Å². The zero-order valence-electron chi connectivity index (χ0n) is 24.2. The highest BCUT2D eigenvalue weighted by Gasteiger charge is 2.43. The third-order valence-corrected chi connectivity index (χ3v) is 9.80. The van der Waals surface area contributed by atoms with E-state index in [0.29, 0.717) is 37.0 Å². The van der Waals surface area contributed by atoms with E-state index in [1.54, 1.807) is 12.1 Å². The van der Waals surface area contributed by atoms with Gasteiger partial charge < -0.3 is 14.4 Å². The van der Waals surface area contributed by atoms with Crippen molar-refractivity contribution < 1.29 is 49.0 Å². The van der Waals surface area contributed by atoms with E-state index < -0.39 is 45.6 Å². The van der Waals surface area contributed by atoms with Crippen molar-refractivity contribution in [2.45, 2.75) is 68.2 Å². The summed E-state index contributed by atoms with van der Waals surface area (Å²) < 4.78 is 113. The number of alkyl halides is 6. The smallest absolute Gasteiger partial charge is 0.425 e. The van der Waals surface area contributed by atoms with Crippen molar-refractivity contribution in [3.05, 3.63) is 89.0 Å². The molecule has 1 spiro atoms. The molecule has 45 heavy (non-hydrogen) atoms. The van der Waals surface area contributed by atoms with Crippen LogP contribution in [0.5, 0.6) is 5.75 Å². The van der Waals surface area contributed by atoms with Crippen molar-refractivity contribution in [1.82, 2.24) is 4.90 Å². The minimum atomic E-state index is -4.62. The van der Waals surface area contributed by atoms with Crippen LogP contribution in [0.1, 0.15) is 48.4 Å². The zero-order chi connectivity index (χ0) is 32.6. The highest BCUT2D eigenvalue weighted by Crippen LogP contribution is 2.41. The summed E-state index contributed by atoms with van der Waals surface area (Å²) in [4.78, 5) is 13.5. The Morgan fingerprint density at radius 1 is 0.867 bits per heavy atom. The second-order valence-electron chi connectivity index (χ2n) is 11.6. The minimum Gasteiger partial charge on any atom is -0.487 e. The number of hydrogen-bond donors (Lipinski definition) is 0. The first kappa shape index (κ1) is 32.6. The molecule has 2 heterocycles. The van der Waals surface area contributed by atoms with Crippen LogP contribution in [0.2, 0.25) is 0 Å². The largest absolute Gasteiger partial charge is 0.487 e. The van der Waals surface area contributed by atoms with Crippen LogP contribution in [0.15, 0.2) is 66.7 Å². The Morgan fingerprint density at radius 2 is 1.42 bits per heavy atom. The molecule has 0 bridgehead atoms. The number of ether oxygens (including phenoxy) is 2. The van der Waals surface area contributed by atoms with Gasteiger partial charge in [-0.1, -0.05) is 42.5 Å². The molecule has 0 radical (unpaired) electrons. The lowest BCUT2D eigenvalue weighted by molar-refractivity contribution is -0.200. The maximum atomic E-state index is 12.8. The molecule has 6 nitrogen and oxygen atoms in total. The summed E-state index contributed by atoms with van der Waals surface area (Å²) >= 11 is 0. The quantitative estimate of drug-likeness (QED) is 0.254. The molecule has 1 saturated heterocycles. The molecule has 3 aromatic carbocycles. The maximum absolute atomic E-state index is 12.8. The normalized spacial score (nSPS) is 17.4. The predicted molar refractivity (Wildman–Crippen MR) is 154 cm³/mol. The van der Waals surface area contributed by atoms with Crippen molar-refractivity contribution in [2.24, 2.45) is 0 Å². The molecule has 2 aliphatic heterocycles. The fourth-order valence-electron chi connectivity index (χ4n) is 5.58. The summed E-state index contributed by atoms with van der Waals surface area (Å²) in [5.41, 5.74) is 2.23. The number of benzene rings is 3. The van der Waals surface area contributed by atoms with Gasteiger partial charge >= 0.3 is 18.4 Å². The molecule has 0 aromatic heterocycles. The topological polar surface area (TPSA) is 72.9 Å². The first-order valence-corrected chi connectivity index (χ1v) is 16.1. The summed E-state index contributed by atoms with van der Waals surface area (Å²) in [6.45, 7) is 1.25. The van der Waals surface area contributed by atoms with Crippen molar-refractivity contribution >= 4 is 15.9 Å². The van der Waals surface area contributed by atoms with Gasteiger partial charge in [-0.15, -0.1) is 0 Å². The average Bonchev–Trinajstić information content (AvgIpc) is 2.96. The molecule has 1 amide bonds. The van der Waals surface area contributed by atoms with Gasteiger partial charge in [0.1, 0.15) is 11.4 Å². The van der Waals surface area contributed by atoms with Crippen LogP contribution in [-0.4, -0.2) is 50.4 Å². The maximum Gasteiger partial charge on any atom is 0.425 e. The van der Waals surface area contributed by atoms with Crippen molar-refractivity contribution in [2.75, 3.05) is 13.1 Å². The molecule has 5 rings (SSSR count). The molecule has 0 N–H and O–H groups in total. The second-order valence-corrected chi connectivity index (χ2v) is 13.7. The highest BCUT2D eigenvalue weighted by atomic mass is 32.2. The van der Waals surface area contributed by atoms with Crippen LogP contribution in [0, 0.1) is 0 Å². The number of likely N-dealkylation sites (tertiary alicyclic amines) is 1. The lowest BCUT2D eigenvalue weighted by atomic mass is 9.82. The molecule has 1 fully saturated rings. The van der Waals surface area contributed by atoms with E-state index in [9.17, 15) is 39.6 Å². The Balaban J connectivity index is 1.17. The van der Waals surface area contributed by atoms with Crippen LogP contribution < -0.4 is 4.74 Å². The van der Waals surface area contributed by atoms with Gasteiger partial charge in [-0.3, -0.25) is 0 Å². The molecule has 1 unspecified atom stereocenters. The summed E-state index contributed by atoms with van der Waals surface area (Å²) in [7, 11) is -3.63. The number of carbonyl (C=O) groups excluding carboxylic acids is 1. The summed E-state index contributed by atoms with van der Waals surface area (Å²) in [6.07, 6.45) is -9.96. The van der Waals surface area contributed by atoms with Gasteiger partial charge in [0, 0.05) is 25.9 Å². The number of sulfone groups is 1. The van der Waals surface area contributed by atoms with Crippen LogP contribution in [0.3, 0.4) is 0 Å². The molecule has 13 heteroatoms. The average molecular weight is 656 g/mol. The summed E-state index contributed by atoms with van der Waals surface area (Å²) in [5, 5.41) is 0. The second kappa shape index (κ2) is 12.2. The number of halogens is 6. The highest BCUT2D eigenvalue weighted by molar-refractivity contribution is 7.89. The Morgan fingerprint density at radius 3 is 1.98 bits per heavy atom. The SMILES string of the molecule is CC(OC(=O)N1CCC2(CCc3cc(-c4ccc(CS(=O)(=O)Cc5ccc(C(F)(F)F)cc5)cc4)ccc3O2)CC1)C(F)(F)F. The number of hydrogen-bond acceptors (Lipinski definition) is 5. The number of rotatable bonds is 6. The Labute approximate surface area is 256 Å². The Bertz CT molecular complexity index is 1630. The van der Waals surface area contributed by atoms with Gasteiger partial charge in [0.15, 0.2) is 15.9 Å². The number of nitrogens with zero attached hydrogens (tertiary/aromatic N) is 1. The zero-order valence-corrected chi connectivity index (χ0v) is 25.1. The number of fused-ring (bicyclic) bond motifs is 1. The Kier molecular flexibility index (Phi) is 8.87. The molecule has 0 saturated carbocycles. The number of aryl methyl sites for hydroxylation is 1. The van der Waals surface area contributed by atoms with E-state index in [-0.39, 0.29) is 30.2 Å². The van der Waals surface area contributed by atoms with E-state index in [2.05, 4.69) is 4.74 Å². The third kappa shape index (κ3) is 7.92. The van der Waals surface area contributed by atoms with Gasteiger partial charge in [0.2, 0.25) is 0 Å². The predicted octanol–water partition coefficient (Wildman–Crippen LogP) is 7.73. The summed E-state index contributed by atoms with van der Waals surface area (Å²) in [5.74, 6) is 0.0708. The third-order valence-electron chi connectivity index (χ3n) is 8.25. The first-order chi connectivity index (χ1) is 21.0. The fraction of sp³-hybridized carbons (Fsp3) is 0.406. The fourth-order valence-corrected chi connectivity index (χ4v) is 7.09. The Hall–Kier alpha value is -3.74.